The van der Waals surface area contributed by atoms with Gasteiger partial charge < -0.3 is 5.11 Å². The molecule has 0 aliphatic carbocycles. The lowest BCUT2D eigenvalue weighted by Crippen LogP contribution is -1.90. The van der Waals surface area contributed by atoms with Crippen molar-refractivity contribution < 1.29 is 5.11 Å². The van der Waals surface area contributed by atoms with Crippen LogP contribution in [0.2, 0.25) is 0 Å². The lowest BCUT2D eigenvalue weighted by Gasteiger charge is -2.05. The zero-order chi connectivity index (χ0) is 12.1. The highest BCUT2D eigenvalue weighted by Gasteiger charge is 2.00. The van der Waals surface area contributed by atoms with E-state index in [2.05, 4.69) is 24.0 Å². The summed E-state index contributed by atoms with van der Waals surface area (Å²) in [7, 11) is 0. The highest BCUT2D eigenvalue weighted by atomic mass is 16.3. The molecule has 1 unspecified atom stereocenters. The molecule has 0 radical (unpaired) electrons. The molecular formula is C15H15NO. The first-order chi connectivity index (χ1) is 8.25. The van der Waals surface area contributed by atoms with Crippen LogP contribution in [-0.4, -0.2) is 11.3 Å². The minimum absolute atomic E-state index is 0.144. The van der Waals surface area contributed by atoms with Crippen molar-refractivity contribution in [3.05, 3.63) is 65.7 Å². The molecule has 1 N–H and O–H groups in total. The van der Waals surface area contributed by atoms with E-state index in [-0.39, 0.29) is 11.8 Å². The fourth-order valence-corrected chi connectivity index (χ4v) is 1.58. The average Bonchev–Trinajstić information content (AvgIpc) is 2.39. The third kappa shape index (κ3) is 3.18. The Bertz CT molecular complexity index is 488. The van der Waals surface area contributed by atoms with Crippen molar-refractivity contribution in [2.24, 2.45) is 4.99 Å². The zero-order valence-corrected chi connectivity index (χ0v) is 9.75. The van der Waals surface area contributed by atoms with Crippen molar-refractivity contribution in [3.63, 3.8) is 0 Å². The summed E-state index contributed by atoms with van der Waals surface area (Å²) in [5.74, 6) is 0.276. The third-order valence-corrected chi connectivity index (χ3v) is 2.62. The third-order valence-electron chi connectivity index (χ3n) is 2.62. The van der Waals surface area contributed by atoms with E-state index in [1.165, 1.54) is 5.56 Å². The zero-order valence-electron chi connectivity index (χ0n) is 9.75. The summed E-state index contributed by atoms with van der Waals surface area (Å²) in [5, 5.41) is 9.17. The minimum Gasteiger partial charge on any atom is -0.508 e. The van der Waals surface area contributed by atoms with E-state index in [0.29, 0.717) is 0 Å². The Labute approximate surface area is 101 Å². The van der Waals surface area contributed by atoms with E-state index in [1.807, 2.05) is 36.5 Å². The van der Waals surface area contributed by atoms with Gasteiger partial charge in [-0.25, -0.2) is 0 Å². The smallest absolute Gasteiger partial charge is 0.115 e. The summed E-state index contributed by atoms with van der Waals surface area (Å²) >= 11 is 0. The Hall–Kier alpha value is -2.09. The summed E-state index contributed by atoms with van der Waals surface area (Å²) in [6.07, 6.45) is 1.83. The molecule has 2 aromatic rings. The molecule has 2 heteroatoms. The van der Waals surface area contributed by atoms with Crippen LogP contribution in [-0.2, 0) is 0 Å². The monoisotopic (exact) mass is 225 g/mol. The predicted octanol–water partition coefficient (Wildman–Crippen LogP) is 3.57. The molecule has 0 saturated carbocycles. The molecule has 1 atom stereocenters. The molecule has 2 aromatic carbocycles. The molecule has 2 rings (SSSR count). The number of benzene rings is 2. The largest absolute Gasteiger partial charge is 0.508 e. The van der Waals surface area contributed by atoms with Gasteiger partial charge in [-0.05, 0) is 42.3 Å². The summed E-state index contributed by atoms with van der Waals surface area (Å²) in [6, 6.07) is 17.3. The second kappa shape index (κ2) is 5.30. The van der Waals surface area contributed by atoms with Crippen molar-refractivity contribution >= 4 is 6.21 Å². The summed E-state index contributed by atoms with van der Waals surface area (Å²) < 4.78 is 0. The van der Waals surface area contributed by atoms with Crippen LogP contribution in [0.3, 0.4) is 0 Å². The van der Waals surface area contributed by atoms with Gasteiger partial charge in [0.05, 0.1) is 6.04 Å². The van der Waals surface area contributed by atoms with E-state index in [9.17, 15) is 0 Å². The molecule has 0 saturated heterocycles. The van der Waals surface area contributed by atoms with E-state index >= 15 is 0 Å². The molecule has 86 valence electrons. The van der Waals surface area contributed by atoms with Crippen LogP contribution in [0.15, 0.2) is 59.6 Å². The summed E-state index contributed by atoms with van der Waals surface area (Å²) in [6.45, 7) is 2.06. The van der Waals surface area contributed by atoms with Gasteiger partial charge in [-0.3, -0.25) is 4.99 Å². The molecule has 17 heavy (non-hydrogen) atoms. The van der Waals surface area contributed by atoms with Crippen molar-refractivity contribution in [1.82, 2.24) is 0 Å². The summed E-state index contributed by atoms with van der Waals surface area (Å²) in [4.78, 5) is 4.49. The van der Waals surface area contributed by atoms with Crippen LogP contribution in [0.1, 0.15) is 24.1 Å². The van der Waals surface area contributed by atoms with Gasteiger partial charge in [-0.15, -0.1) is 0 Å². The number of rotatable bonds is 3. The van der Waals surface area contributed by atoms with Gasteiger partial charge in [0.15, 0.2) is 0 Å². The number of hydrogen-bond donors (Lipinski definition) is 1. The van der Waals surface area contributed by atoms with Crippen LogP contribution >= 0.6 is 0 Å². The minimum atomic E-state index is 0.144. The van der Waals surface area contributed by atoms with Gasteiger partial charge in [0.2, 0.25) is 0 Å². The van der Waals surface area contributed by atoms with Gasteiger partial charge >= 0.3 is 0 Å². The topological polar surface area (TPSA) is 32.6 Å². The average molecular weight is 225 g/mol. The fraction of sp³-hybridized carbons (Fsp3) is 0.133. The predicted molar refractivity (Wildman–Crippen MR) is 70.6 cm³/mol. The Morgan fingerprint density at radius 2 is 1.65 bits per heavy atom. The molecular weight excluding hydrogens is 210 g/mol. The quantitative estimate of drug-likeness (QED) is 0.796. The van der Waals surface area contributed by atoms with Crippen LogP contribution in [0, 0.1) is 0 Å². The molecule has 0 fully saturated rings. The number of aliphatic imine (C=N–C) groups is 1. The first-order valence-electron chi connectivity index (χ1n) is 5.63. The lowest BCUT2D eigenvalue weighted by molar-refractivity contribution is 0.475. The number of hydrogen-bond acceptors (Lipinski definition) is 2. The van der Waals surface area contributed by atoms with Gasteiger partial charge in [0.25, 0.3) is 0 Å². The second-order valence-electron chi connectivity index (χ2n) is 3.96. The maximum Gasteiger partial charge on any atom is 0.115 e. The van der Waals surface area contributed by atoms with E-state index in [1.54, 1.807) is 12.1 Å². The van der Waals surface area contributed by atoms with Crippen molar-refractivity contribution in [2.45, 2.75) is 13.0 Å². The highest BCUT2D eigenvalue weighted by Crippen LogP contribution is 2.16. The number of aromatic hydroxyl groups is 1. The second-order valence-corrected chi connectivity index (χ2v) is 3.96. The molecule has 0 heterocycles. The molecule has 0 aromatic heterocycles. The number of phenolic OH excluding ortho intramolecular Hbond substituents is 1. The van der Waals surface area contributed by atoms with E-state index < -0.39 is 0 Å². The molecule has 2 nitrogen and oxygen atoms in total. The molecule has 0 spiro atoms. The molecule has 0 aliphatic heterocycles. The Balaban J connectivity index is 2.08. The number of phenols is 1. The van der Waals surface area contributed by atoms with Gasteiger partial charge in [-0.2, -0.15) is 0 Å². The van der Waals surface area contributed by atoms with Crippen LogP contribution < -0.4 is 0 Å². The lowest BCUT2D eigenvalue weighted by atomic mass is 10.1. The fourth-order valence-electron chi connectivity index (χ4n) is 1.58. The van der Waals surface area contributed by atoms with Gasteiger partial charge in [-0.1, -0.05) is 30.3 Å². The van der Waals surface area contributed by atoms with Gasteiger partial charge in [0.1, 0.15) is 5.75 Å². The normalized spacial score (nSPS) is 12.8. The van der Waals surface area contributed by atoms with E-state index in [0.717, 1.165) is 5.56 Å². The van der Waals surface area contributed by atoms with Crippen LogP contribution in [0.25, 0.3) is 0 Å². The van der Waals surface area contributed by atoms with Crippen molar-refractivity contribution in [1.29, 1.82) is 0 Å². The molecule has 0 amide bonds. The van der Waals surface area contributed by atoms with E-state index in [4.69, 9.17) is 5.11 Å². The maximum atomic E-state index is 9.17. The Morgan fingerprint density at radius 3 is 2.29 bits per heavy atom. The highest BCUT2D eigenvalue weighted by molar-refractivity contribution is 5.79. The maximum absolute atomic E-state index is 9.17. The number of nitrogens with zero attached hydrogens (tertiary/aromatic N) is 1. The van der Waals surface area contributed by atoms with Gasteiger partial charge in [0, 0.05) is 6.21 Å². The Morgan fingerprint density at radius 1 is 1.00 bits per heavy atom. The SMILES string of the molecule is CC(N=Cc1ccc(O)cc1)c1ccccc1. The summed E-state index contributed by atoms with van der Waals surface area (Å²) in [5.41, 5.74) is 2.19. The first-order valence-corrected chi connectivity index (χ1v) is 5.63. The molecule has 0 bridgehead atoms. The standard InChI is InChI=1S/C15H15NO/c1-12(14-5-3-2-4-6-14)16-11-13-7-9-15(17)10-8-13/h2-12,17H,1H3. The Kier molecular flexibility index (Phi) is 3.55. The van der Waals surface area contributed by atoms with Crippen molar-refractivity contribution in [2.75, 3.05) is 0 Å². The molecule has 0 aliphatic rings. The van der Waals surface area contributed by atoms with Crippen molar-refractivity contribution in [3.8, 4) is 5.75 Å². The van der Waals surface area contributed by atoms with Crippen LogP contribution in [0.5, 0.6) is 5.75 Å². The van der Waals surface area contributed by atoms with Crippen LogP contribution in [0.4, 0.5) is 0 Å². The first kappa shape index (κ1) is 11.4.